The lowest BCUT2D eigenvalue weighted by molar-refractivity contribution is -0.116. The van der Waals surface area contributed by atoms with Gasteiger partial charge in [-0.2, -0.15) is 0 Å². The van der Waals surface area contributed by atoms with Crippen LogP contribution in [0.5, 0.6) is 0 Å². The first-order valence-corrected chi connectivity index (χ1v) is 11.7. The number of thioether (sulfide) groups is 1. The third-order valence-corrected chi connectivity index (χ3v) is 6.49. The molecule has 4 aromatic rings. The van der Waals surface area contributed by atoms with Gasteiger partial charge < -0.3 is 4.90 Å². The van der Waals surface area contributed by atoms with E-state index in [2.05, 4.69) is 15.2 Å². The molecule has 0 N–H and O–H groups in total. The molecule has 166 valence electrons. The predicted molar refractivity (Wildman–Crippen MR) is 127 cm³/mol. The van der Waals surface area contributed by atoms with Gasteiger partial charge in [0.15, 0.2) is 11.0 Å². The Morgan fingerprint density at radius 3 is 2.76 bits per heavy atom. The molecule has 5 rings (SSSR count). The Morgan fingerprint density at radius 1 is 1.12 bits per heavy atom. The lowest BCUT2D eigenvalue weighted by atomic mass is 9.99. The molecule has 1 amide bonds. The second kappa shape index (κ2) is 9.15. The third kappa shape index (κ3) is 4.26. The van der Waals surface area contributed by atoms with E-state index in [1.165, 1.54) is 17.8 Å². The zero-order valence-electron chi connectivity index (χ0n) is 18.1. The summed E-state index contributed by atoms with van der Waals surface area (Å²) >= 11 is 1.30. The molecule has 0 aliphatic carbocycles. The van der Waals surface area contributed by atoms with Gasteiger partial charge in [0.05, 0.1) is 11.4 Å². The molecule has 0 radical (unpaired) electrons. The van der Waals surface area contributed by atoms with Gasteiger partial charge in [0, 0.05) is 30.2 Å². The van der Waals surface area contributed by atoms with Crippen molar-refractivity contribution in [3.63, 3.8) is 0 Å². The van der Waals surface area contributed by atoms with Crippen molar-refractivity contribution in [2.75, 3.05) is 17.2 Å². The van der Waals surface area contributed by atoms with E-state index in [4.69, 9.17) is 0 Å². The van der Waals surface area contributed by atoms with Gasteiger partial charge in [-0.1, -0.05) is 36.0 Å². The van der Waals surface area contributed by atoms with Crippen LogP contribution in [0.4, 0.5) is 10.1 Å². The first-order valence-electron chi connectivity index (χ1n) is 10.8. The summed E-state index contributed by atoms with van der Waals surface area (Å²) in [6.07, 6.45) is 5.04. The molecular formula is C25H22FN5OS. The van der Waals surface area contributed by atoms with Gasteiger partial charge in [0.25, 0.3) is 0 Å². The van der Waals surface area contributed by atoms with E-state index < -0.39 is 0 Å². The Kier molecular flexibility index (Phi) is 5.92. The van der Waals surface area contributed by atoms with Gasteiger partial charge in [-0.25, -0.2) is 4.39 Å². The average Bonchev–Trinajstić information content (AvgIpc) is 3.27. The van der Waals surface area contributed by atoms with Crippen molar-refractivity contribution in [3.8, 4) is 17.1 Å². The van der Waals surface area contributed by atoms with Crippen LogP contribution >= 0.6 is 11.8 Å². The number of carbonyl (C=O) groups is 1. The van der Waals surface area contributed by atoms with Crippen molar-refractivity contribution < 1.29 is 9.18 Å². The van der Waals surface area contributed by atoms with Gasteiger partial charge in [-0.15, -0.1) is 10.2 Å². The maximum atomic E-state index is 14.7. The summed E-state index contributed by atoms with van der Waals surface area (Å²) in [5, 5.41) is 9.34. The van der Waals surface area contributed by atoms with Crippen LogP contribution in [0.15, 0.2) is 72.1 Å². The molecule has 0 atom stereocenters. The van der Waals surface area contributed by atoms with Crippen LogP contribution in [0.2, 0.25) is 0 Å². The summed E-state index contributed by atoms with van der Waals surface area (Å²) in [5.74, 6) is 0.294. The van der Waals surface area contributed by atoms with Crippen molar-refractivity contribution in [1.82, 2.24) is 19.7 Å². The van der Waals surface area contributed by atoms with Crippen molar-refractivity contribution in [3.05, 3.63) is 83.9 Å². The molecule has 1 aliphatic heterocycles. The average molecular weight is 460 g/mol. The monoisotopic (exact) mass is 459 g/mol. The zero-order valence-corrected chi connectivity index (χ0v) is 18.9. The Labute approximate surface area is 195 Å². The minimum Gasteiger partial charge on any atom is -0.309 e. The number of amides is 1. The highest BCUT2D eigenvalue weighted by molar-refractivity contribution is 7.99. The number of para-hydroxylation sites is 1. The molecule has 2 aromatic heterocycles. The molecule has 0 unspecified atom stereocenters. The van der Waals surface area contributed by atoms with Crippen LogP contribution < -0.4 is 4.90 Å². The third-order valence-electron chi connectivity index (χ3n) is 5.58. The van der Waals surface area contributed by atoms with Crippen LogP contribution in [0.3, 0.4) is 0 Å². The fourth-order valence-electron chi connectivity index (χ4n) is 4.15. The number of hydrogen-bond acceptors (Lipinski definition) is 5. The first-order chi connectivity index (χ1) is 16.1. The number of carbonyl (C=O) groups excluding carboxylic acids is 1. The fourth-order valence-corrected chi connectivity index (χ4v) is 4.98. The summed E-state index contributed by atoms with van der Waals surface area (Å²) in [6, 6.07) is 17.0. The van der Waals surface area contributed by atoms with Crippen LogP contribution in [-0.4, -0.2) is 38.0 Å². The highest BCUT2D eigenvalue weighted by Gasteiger charge is 2.27. The number of nitrogens with zero attached hydrogens (tertiary/aromatic N) is 5. The Balaban J connectivity index is 1.44. The van der Waals surface area contributed by atoms with E-state index >= 15 is 0 Å². The molecule has 33 heavy (non-hydrogen) atoms. The van der Waals surface area contributed by atoms with E-state index in [1.54, 1.807) is 17.3 Å². The number of hydrogen-bond donors (Lipinski definition) is 0. The maximum absolute atomic E-state index is 14.7. The summed E-state index contributed by atoms with van der Waals surface area (Å²) < 4.78 is 16.7. The number of fused-ring (bicyclic) bond motifs is 1. The highest BCUT2D eigenvalue weighted by Crippen LogP contribution is 2.33. The topological polar surface area (TPSA) is 63.9 Å². The number of aryl methyl sites for hydroxylation is 2. The molecule has 0 bridgehead atoms. The molecule has 6 nitrogen and oxygen atoms in total. The molecule has 0 fully saturated rings. The van der Waals surface area contributed by atoms with Gasteiger partial charge in [-0.05, 0) is 61.2 Å². The minimum absolute atomic E-state index is 0.130. The number of halogens is 1. The predicted octanol–water partition coefficient (Wildman–Crippen LogP) is 4.85. The lowest BCUT2D eigenvalue weighted by Crippen LogP contribution is -2.37. The summed E-state index contributed by atoms with van der Waals surface area (Å²) in [7, 11) is 0. The first kappa shape index (κ1) is 21.3. The number of anilines is 1. The van der Waals surface area contributed by atoms with E-state index in [9.17, 15) is 9.18 Å². The Morgan fingerprint density at radius 2 is 1.97 bits per heavy atom. The number of benzene rings is 2. The van der Waals surface area contributed by atoms with Gasteiger partial charge in [0.1, 0.15) is 5.82 Å². The maximum Gasteiger partial charge on any atom is 0.237 e. The summed E-state index contributed by atoms with van der Waals surface area (Å²) in [5.41, 5.74) is 3.89. The molecule has 1 aliphatic rings. The van der Waals surface area contributed by atoms with Crippen LogP contribution in [0, 0.1) is 12.7 Å². The van der Waals surface area contributed by atoms with E-state index in [-0.39, 0.29) is 17.5 Å². The van der Waals surface area contributed by atoms with Crippen molar-refractivity contribution in [2.45, 2.75) is 24.9 Å². The van der Waals surface area contributed by atoms with Gasteiger partial charge in [-0.3, -0.25) is 14.3 Å². The molecular weight excluding hydrogens is 437 g/mol. The zero-order chi connectivity index (χ0) is 22.8. The normalized spacial score (nSPS) is 13.1. The molecule has 2 aromatic carbocycles. The Hall–Kier alpha value is -3.52. The smallest absolute Gasteiger partial charge is 0.237 e. The highest BCUT2D eigenvalue weighted by atomic mass is 32.2. The standard InChI is InChI=1S/C25H22FN5OS/c1-17-13-18-8-6-12-30(23(18)21(26)14-17)22(32)16-33-25-29-28-24(19-7-5-11-27-15-19)31(25)20-9-3-2-4-10-20/h2-5,7,9-11,13-15H,6,8,12,16H2,1H3. The van der Waals surface area contributed by atoms with Crippen LogP contribution in [0.1, 0.15) is 17.5 Å². The molecule has 0 saturated carbocycles. The van der Waals surface area contributed by atoms with E-state index in [0.717, 1.165) is 35.2 Å². The SMILES string of the molecule is Cc1cc(F)c2c(c1)CCCN2C(=O)CSc1nnc(-c2cccnc2)n1-c1ccccc1. The van der Waals surface area contributed by atoms with Crippen molar-refractivity contribution in [1.29, 1.82) is 0 Å². The summed E-state index contributed by atoms with van der Waals surface area (Å²) in [4.78, 5) is 18.9. The van der Waals surface area contributed by atoms with E-state index in [1.807, 2.05) is 60.0 Å². The quantitative estimate of drug-likeness (QED) is 0.399. The molecule has 0 spiro atoms. The number of rotatable bonds is 5. The Bertz CT molecular complexity index is 1290. The number of pyridine rings is 1. The molecule has 3 heterocycles. The second-order valence-corrected chi connectivity index (χ2v) is 8.85. The van der Waals surface area contributed by atoms with E-state index in [0.29, 0.717) is 23.2 Å². The van der Waals surface area contributed by atoms with Crippen LogP contribution in [-0.2, 0) is 11.2 Å². The second-order valence-electron chi connectivity index (χ2n) is 7.91. The molecule has 0 saturated heterocycles. The summed E-state index contributed by atoms with van der Waals surface area (Å²) in [6.45, 7) is 2.38. The van der Waals surface area contributed by atoms with Crippen LogP contribution in [0.25, 0.3) is 17.1 Å². The van der Waals surface area contributed by atoms with Crippen molar-refractivity contribution in [2.24, 2.45) is 0 Å². The van der Waals surface area contributed by atoms with Gasteiger partial charge >= 0.3 is 0 Å². The fraction of sp³-hybridized carbons (Fsp3) is 0.200. The van der Waals surface area contributed by atoms with Crippen molar-refractivity contribution >= 4 is 23.4 Å². The number of aromatic nitrogens is 4. The minimum atomic E-state index is -0.339. The lowest BCUT2D eigenvalue weighted by Gasteiger charge is -2.30. The molecule has 8 heteroatoms. The largest absolute Gasteiger partial charge is 0.309 e. The van der Waals surface area contributed by atoms with Gasteiger partial charge in [0.2, 0.25) is 5.91 Å².